The molecule has 19 heavy (non-hydrogen) atoms. The normalized spacial score (nSPS) is 20.7. The van der Waals surface area contributed by atoms with Gasteiger partial charge in [-0.1, -0.05) is 13.3 Å². The van der Waals surface area contributed by atoms with Crippen LogP contribution in [0.5, 0.6) is 0 Å². The van der Waals surface area contributed by atoms with Crippen molar-refractivity contribution >= 4 is 17.3 Å². The van der Waals surface area contributed by atoms with Crippen LogP contribution < -0.4 is 5.32 Å². The van der Waals surface area contributed by atoms with Gasteiger partial charge in [-0.15, -0.1) is 0 Å². The van der Waals surface area contributed by atoms with Gasteiger partial charge in [-0.2, -0.15) is 0 Å². The maximum atomic E-state index is 11.4. The van der Waals surface area contributed by atoms with E-state index in [1.165, 1.54) is 25.3 Å². The van der Waals surface area contributed by atoms with Gasteiger partial charge in [0.25, 0.3) is 5.69 Å². The van der Waals surface area contributed by atoms with Crippen molar-refractivity contribution in [2.24, 2.45) is 5.92 Å². The largest absolute Gasteiger partial charge is 0.465 e. The molecule has 0 aromatic heterocycles. The summed E-state index contributed by atoms with van der Waals surface area (Å²) in [4.78, 5) is 22.0. The lowest BCUT2D eigenvalue weighted by molar-refractivity contribution is -0.384. The van der Waals surface area contributed by atoms with Crippen molar-refractivity contribution in [2.45, 2.75) is 25.8 Å². The van der Waals surface area contributed by atoms with Crippen molar-refractivity contribution in [1.82, 2.24) is 0 Å². The molecule has 1 aromatic carbocycles. The van der Waals surface area contributed by atoms with Gasteiger partial charge in [0.05, 0.1) is 17.6 Å². The molecular weight excluding hydrogens is 248 g/mol. The zero-order chi connectivity index (χ0) is 14.0. The number of nitrogens with one attached hydrogen (secondary N) is 1. The van der Waals surface area contributed by atoms with Gasteiger partial charge >= 0.3 is 5.97 Å². The first-order chi connectivity index (χ1) is 9.06. The van der Waals surface area contributed by atoms with Crippen molar-refractivity contribution in [2.75, 3.05) is 12.4 Å². The van der Waals surface area contributed by atoms with Crippen LogP contribution in [0.4, 0.5) is 11.4 Å². The molecule has 1 aliphatic carbocycles. The molecule has 6 nitrogen and oxygen atoms in total. The van der Waals surface area contributed by atoms with Gasteiger partial charge < -0.3 is 10.1 Å². The molecule has 2 atom stereocenters. The van der Waals surface area contributed by atoms with Crippen LogP contribution in [0.15, 0.2) is 18.2 Å². The summed E-state index contributed by atoms with van der Waals surface area (Å²) in [6.45, 7) is 2.09. The Morgan fingerprint density at radius 1 is 1.58 bits per heavy atom. The third-order valence-corrected chi connectivity index (χ3v) is 3.40. The van der Waals surface area contributed by atoms with E-state index >= 15 is 0 Å². The Balaban J connectivity index is 2.26. The van der Waals surface area contributed by atoms with E-state index in [0.29, 0.717) is 17.2 Å². The van der Waals surface area contributed by atoms with Gasteiger partial charge in [0.2, 0.25) is 0 Å². The number of nitro benzene ring substituents is 1. The van der Waals surface area contributed by atoms with Crippen LogP contribution in [0, 0.1) is 16.0 Å². The minimum Gasteiger partial charge on any atom is -0.465 e. The highest BCUT2D eigenvalue weighted by atomic mass is 16.6. The first-order valence-corrected chi connectivity index (χ1v) is 6.20. The average molecular weight is 264 g/mol. The zero-order valence-corrected chi connectivity index (χ0v) is 10.9. The summed E-state index contributed by atoms with van der Waals surface area (Å²) in [7, 11) is 1.28. The van der Waals surface area contributed by atoms with Crippen LogP contribution in [0.25, 0.3) is 0 Å². The lowest BCUT2D eigenvalue weighted by Gasteiger charge is -2.08. The van der Waals surface area contributed by atoms with E-state index in [9.17, 15) is 14.9 Å². The fourth-order valence-electron chi connectivity index (χ4n) is 2.13. The average Bonchev–Trinajstić information content (AvgIpc) is 3.15. The molecule has 1 N–H and O–H groups in total. The summed E-state index contributed by atoms with van der Waals surface area (Å²) in [5.41, 5.74) is 0.674. The number of nitrogens with zero attached hydrogens (tertiary/aromatic N) is 1. The van der Waals surface area contributed by atoms with Crippen molar-refractivity contribution in [3.05, 3.63) is 33.9 Å². The second-order valence-electron chi connectivity index (χ2n) is 4.64. The molecule has 1 saturated carbocycles. The molecule has 0 heterocycles. The summed E-state index contributed by atoms with van der Waals surface area (Å²) in [6, 6.07) is 4.48. The molecule has 102 valence electrons. The van der Waals surface area contributed by atoms with E-state index in [4.69, 9.17) is 0 Å². The van der Waals surface area contributed by atoms with Crippen molar-refractivity contribution in [1.29, 1.82) is 0 Å². The number of esters is 1. The van der Waals surface area contributed by atoms with Crippen LogP contribution >= 0.6 is 0 Å². The van der Waals surface area contributed by atoms with Crippen LogP contribution in [0.2, 0.25) is 0 Å². The lowest BCUT2D eigenvalue weighted by atomic mass is 10.1. The van der Waals surface area contributed by atoms with Gasteiger partial charge in [0.1, 0.15) is 5.69 Å². The number of carbonyl (C=O) groups excluding carboxylic acids is 1. The Hall–Kier alpha value is -2.11. The molecule has 2 rings (SSSR count). The van der Waals surface area contributed by atoms with Crippen LogP contribution in [0.1, 0.15) is 30.1 Å². The highest BCUT2D eigenvalue weighted by Gasteiger charge is 2.36. The smallest absolute Gasteiger partial charge is 0.337 e. The molecule has 1 fully saturated rings. The lowest BCUT2D eigenvalue weighted by Crippen LogP contribution is -2.09. The third-order valence-electron chi connectivity index (χ3n) is 3.40. The van der Waals surface area contributed by atoms with E-state index in [2.05, 4.69) is 17.0 Å². The van der Waals surface area contributed by atoms with Gasteiger partial charge in [0.15, 0.2) is 0 Å². The van der Waals surface area contributed by atoms with Crippen molar-refractivity contribution in [3.8, 4) is 0 Å². The molecule has 0 bridgehead atoms. The minimum atomic E-state index is -0.499. The number of ether oxygens (including phenoxy) is 1. The van der Waals surface area contributed by atoms with Crippen molar-refractivity contribution in [3.63, 3.8) is 0 Å². The molecule has 0 spiro atoms. The molecule has 0 radical (unpaired) electrons. The number of methoxy groups -OCH3 is 1. The van der Waals surface area contributed by atoms with E-state index in [-0.39, 0.29) is 11.7 Å². The SMILES string of the molecule is CCC1CC1Nc1cc(C(=O)OC)ccc1[N+](=O)[O-]. The monoisotopic (exact) mass is 264 g/mol. The molecule has 0 aliphatic heterocycles. The summed E-state index contributed by atoms with van der Waals surface area (Å²) in [5, 5.41) is 14.1. The molecule has 0 amide bonds. The Morgan fingerprint density at radius 3 is 2.84 bits per heavy atom. The van der Waals surface area contributed by atoms with Gasteiger partial charge in [0, 0.05) is 12.1 Å². The van der Waals surface area contributed by atoms with Crippen molar-refractivity contribution < 1.29 is 14.5 Å². The maximum absolute atomic E-state index is 11.4. The minimum absolute atomic E-state index is 0.0191. The Morgan fingerprint density at radius 2 is 2.32 bits per heavy atom. The fourth-order valence-corrected chi connectivity index (χ4v) is 2.13. The summed E-state index contributed by atoms with van der Waals surface area (Å²) in [5.74, 6) is 0.0576. The predicted molar refractivity (Wildman–Crippen MR) is 70.2 cm³/mol. The fraction of sp³-hybridized carbons (Fsp3) is 0.462. The molecule has 6 heteroatoms. The van der Waals surface area contributed by atoms with Crippen LogP contribution in [-0.2, 0) is 4.74 Å². The first-order valence-electron chi connectivity index (χ1n) is 6.20. The number of benzene rings is 1. The number of hydrogen-bond acceptors (Lipinski definition) is 5. The molecule has 1 aromatic rings. The van der Waals surface area contributed by atoms with E-state index < -0.39 is 10.9 Å². The third kappa shape index (κ3) is 2.83. The Bertz CT molecular complexity index is 515. The summed E-state index contributed by atoms with van der Waals surface area (Å²) in [6.07, 6.45) is 2.05. The van der Waals surface area contributed by atoms with Gasteiger partial charge in [-0.05, 0) is 24.5 Å². The first kappa shape index (κ1) is 13.3. The standard InChI is InChI=1S/C13H16N2O4/c1-3-8-6-10(8)14-11-7-9(13(16)19-2)4-5-12(11)15(17)18/h4-5,7-8,10,14H,3,6H2,1-2H3. The second kappa shape index (κ2) is 5.26. The molecule has 1 aliphatic rings. The number of carbonyl (C=O) groups is 1. The van der Waals surface area contributed by atoms with E-state index in [1.54, 1.807) is 0 Å². The molecule has 2 unspecified atom stereocenters. The number of rotatable bonds is 5. The zero-order valence-electron chi connectivity index (χ0n) is 10.9. The van der Waals surface area contributed by atoms with Crippen LogP contribution in [-0.4, -0.2) is 24.0 Å². The predicted octanol–water partition coefficient (Wildman–Crippen LogP) is 2.59. The summed E-state index contributed by atoms with van der Waals surface area (Å²) < 4.78 is 4.62. The van der Waals surface area contributed by atoms with Gasteiger partial charge in [-0.25, -0.2) is 4.79 Å². The summed E-state index contributed by atoms with van der Waals surface area (Å²) >= 11 is 0. The number of anilines is 1. The van der Waals surface area contributed by atoms with Crippen LogP contribution in [0.3, 0.4) is 0 Å². The molecule has 0 saturated heterocycles. The second-order valence-corrected chi connectivity index (χ2v) is 4.64. The Kier molecular flexibility index (Phi) is 3.69. The highest BCUT2D eigenvalue weighted by Crippen LogP contribution is 2.38. The van der Waals surface area contributed by atoms with Gasteiger partial charge in [-0.3, -0.25) is 10.1 Å². The van der Waals surface area contributed by atoms with E-state index in [0.717, 1.165) is 12.8 Å². The number of hydrogen-bond donors (Lipinski definition) is 1. The quantitative estimate of drug-likeness (QED) is 0.502. The highest BCUT2D eigenvalue weighted by molar-refractivity contribution is 5.91. The molecular formula is C13H16N2O4. The van der Waals surface area contributed by atoms with E-state index in [1.807, 2.05) is 0 Å². The topological polar surface area (TPSA) is 81.5 Å². The Labute approximate surface area is 110 Å². The number of nitro groups is 1. The maximum Gasteiger partial charge on any atom is 0.337 e.